The molecule has 4 rings (SSSR count). The number of carbonyl (C=O) groups excluding carboxylic acids is 1. The van der Waals surface area contributed by atoms with Gasteiger partial charge in [-0.3, -0.25) is 9.10 Å². The fraction of sp³-hybridized carbons (Fsp3) is 0.200. The summed E-state index contributed by atoms with van der Waals surface area (Å²) in [6.45, 7) is 5.49. The first kappa shape index (κ1) is 28.4. The molecule has 10 heteroatoms. The molecule has 0 fully saturated rings. The average molecular weight is 561 g/mol. The molecule has 0 aliphatic heterocycles. The van der Waals surface area contributed by atoms with Crippen LogP contribution in [-0.4, -0.2) is 45.9 Å². The van der Waals surface area contributed by atoms with Gasteiger partial charge in [0.15, 0.2) is 0 Å². The molecule has 1 N–H and O–H groups in total. The molecule has 1 heterocycles. The van der Waals surface area contributed by atoms with Crippen molar-refractivity contribution in [3.63, 3.8) is 0 Å². The lowest BCUT2D eigenvalue weighted by atomic mass is 10.2. The van der Waals surface area contributed by atoms with Gasteiger partial charge in [-0.1, -0.05) is 36.4 Å². The van der Waals surface area contributed by atoms with E-state index in [1.54, 1.807) is 36.5 Å². The highest BCUT2D eigenvalue weighted by molar-refractivity contribution is 7.92. The van der Waals surface area contributed by atoms with Gasteiger partial charge in [0.25, 0.3) is 15.9 Å². The van der Waals surface area contributed by atoms with Crippen molar-refractivity contribution in [1.82, 2.24) is 9.99 Å². The van der Waals surface area contributed by atoms with Gasteiger partial charge in [0.05, 0.1) is 31.0 Å². The number of benzene rings is 3. The van der Waals surface area contributed by atoms with Crippen LogP contribution in [0.3, 0.4) is 0 Å². The molecule has 0 aliphatic rings. The van der Waals surface area contributed by atoms with Crippen molar-refractivity contribution in [3.05, 3.63) is 101 Å². The molecule has 0 saturated heterocycles. The van der Waals surface area contributed by atoms with Gasteiger partial charge < -0.3 is 14.0 Å². The van der Waals surface area contributed by atoms with Gasteiger partial charge in [0.2, 0.25) is 0 Å². The third-order valence-electron chi connectivity index (χ3n) is 6.49. The van der Waals surface area contributed by atoms with Gasteiger partial charge in [-0.15, -0.1) is 0 Å². The molecule has 9 nitrogen and oxygen atoms in total. The van der Waals surface area contributed by atoms with Crippen LogP contribution in [0.25, 0.3) is 5.69 Å². The van der Waals surface area contributed by atoms with Crippen molar-refractivity contribution in [2.75, 3.05) is 25.1 Å². The second-order valence-electron chi connectivity index (χ2n) is 9.10. The molecular formula is C30H32N4O5S. The lowest BCUT2D eigenvalue weighted by Crippen LogP contribution is -2.39. The summed E-state index contributed by atoms with van der Waals surface area (Å²) in [7, 11) is -1.25. The number of aryl methyl sites for hydroxylation is 2. The van der Waals surface area contributed by atoms with Crippen molar-refractivity contribution >= 4 is 27.8 Å². The Balaban J connectivity index is 1.62. The minimum absolute atomic E-state index is 0.0276. The second-order valence-corrected chi connectivity index (χ2v) is 11.0. The van der Waals surface area contributed by atoms with Crippen molar-refractivity contribution < 1.29 is 22.7 Å². The Kier molecular flexibility index (Phi) is 8.59. The van der Waals surface area contributed by atoms with Crippen LogP contribution in [0.5, 0.6) is 11.5 Å². The Labute approximate surface area is 234 Å². The van der Waals surface area contributed by atoms with Crippen LogP contribution in [0.4, 0.5) is 5.69 Å². The van der Waals surface area contributed by atoms with Crippen LogP contribution in [0, 0.1) is 20.8 Å². The Hall–Kier alpha value is -4.57. The molecule has 1 amide bonds. The van der Waals surface area contributed by atoms with Gasteiger partial charge in [0, 0.05) is 28.7 Å². The summed E-state index contributed by atoms with van der Waals surface area (Å²) in [5, 5.41) is 4.14. The molecule has 0 aliphatic carbocycles. The average Bonchev–Trinajstić information content (AvgIpc) is 3.24. The maximum absolute atomic E-state index is 13.7. The van der Waals surface area contributed by atoms with E-state index in [9.17, 15) is 13.2 Å². The van der Waals surface area contributed by atoms with E-state index in [0.717, 1.165) is 32.5 Å². The summed E-state index contributed by atoms with van der Waals surface area (Å²) in [5.41, 5.74) is 7.63. The number of nitrogens with one attached hydrogen (secondary N) is 1. The zero-order valence-electron chi connectivity index (χ0n) is 23.1. The first-order valence-corrected chi connectivity index (χ1v) is 14.0. The Bertz CT molecular complexity index is 1650. The number of rotatable bonds is 10. The standard InChI is InChI=1S/C30H32N4O5S/c1-21-11-9-10-14-27(21)34-22(2)17-24(23(34)3)19-31-32-30(35)20-33(40(36,37)26-12-7-6-8-13-26)28-18-25(38-4)15-16-29(28)39-5/h6-19H,20H2,1-5H3,(H,32,35)/b31-19+. The number of methoxy groups -OCH3 is 2. The number of hydrogen-bond acceptors (Lipinski definition) is 6. The largest absolute Gasteiger partial charge is 0.497 e. The summed E-state index contributed by atoms with van der Waals surface area (Å²) >= 11 is 0. The highest BCUT2D eigenvalue weighted by atomic mass is 32.2. The molecule has 40 heavy (non-hydrogen) atoms. The summed E-state index contributed by atoms with van der Waals surface area (Å²) in [6, 6.07) is 22.7. The van der Waals surface area contributed by atoms with Crippen molar-refractivity contribution in [3.8, 4) is 17.2 Å². The normalized spacial score (nSPS) is 11.4. The molecule has 0 radical (unpaired) electrons. The van der Waals surface area contributed by atoms with Crippen molar-refractivity contribution in [2.45, 2.75) is 25.7 Å². The van der Waals surface area contributed by atoms with E-state index >= 15 is 0 Å². The van der Waals surface area contributed by atoms with Crippen LogP contribution in [0.1, 0.15) is 22.5 Å². The second kappa shape index (κ2) is 12.1. The van der Waals surface area contributed by atoms with E-state index in [1.807, 2.05) is 38.1 Å². The van der Waals surface area contributed by atoms with Crippen LogP contribution in [0.15, 0.2) is 88.9 Å². The number of para-hydroxylation sites is 1. The van der Waals surface area contributed by atoms with E-state index in [1.165, 1.54) is 32.4 Å². The first-order chi connectivity index (χ1) is 19.2. The lowest BCUT2D eigenvalue weighted by Gasteiger charge is -2.25. The van der Waals surface area contributed by atoms with Crippen LogP contribution in [-0.2, 0) is 14.8 Å². The molecule has 0 bridgehead atoms. The summed E-state index contributed by atoms with van der Waals surface area (Å²) < 4.78 is 41.2. The van der Waals surface area contributed by atoms with Crippen LogP contribution in [0.2, 0.25) is 0 Å². The zero-order chi connectivity index (χ0) is 28.9. The van der Waals surface area contributed by atoms with Gasteiger partial charge in [-0.25, -0.2) is 13.8 Å². The van der Waals surface area contributed by atoms with Gasteiger partial charge in [0.1, 0.15) is 18.0 Å². The summed E-state index contributed by atoms with van der Waals surface area (Å²) in [4.78, 5) is 13.1. The Morgan fingerprint density at radius 1 is 0.950 bits per heavy atom. The number of ether oxygens (including phenoxy) is 2. The lowest BCUT2D eigenvalue weighted by molar-refractivity contribution is -0.119. The molecule has 1 aromatic heterocycles. The van der Waals surface area contributed by atoms with Crippen LogP contribution >= 0.6 is 0 Å². The minimum Gasteiger partial charge on any atom is -0.497 e. The maximum Gasteiger partial charge on any atom is 0.264 e. The zero-order valence-corrected chi connectivity index (χ0v) is 23.9. The van der Waals surface area contributed by atoms with Gasteiger partial charge in [-0.05, 0) is 62.7 Å². The molecular weight excluding hydrogens is 528 g/mol. The number of hydrazone groups is 1. The number of aromatic nitrogens is 1. The van der Waals surface area contributed by atoms with Crippen molar-refractivity contribution in [1.29, 1.82) is 0 Å². The number of carbonyl (C=O) groups is 1. The fourth-order valence-corrected chi connectivity index (χ4v) is 5.90. The number of anilines is 1. The number of nitrogens with zero attached hydrogens (tertiary/aromatic N) is 3. The van der Waals surface area contributed by atoms with Crippen LogP contribution < -0.4 is 19.2 Å². The highest BCUT2D eigenvalue weighted by Gasteiger charge is 2.30. The molecule has 0 spiro atoms. The summed E-state index contributed by atoms with van der Waals surface area (Å²) in [6.07, 6.45) is 1.55. The number of hydrogen-bond donors (Lipinski definition) is 1. The third-order valence-corrected chi connectivity index (χ3v) is 8.27. The predicted molar refractivity (Wildman–Crippen MR) is 156 cm³/mol. The quantitative estimate of drug-likeness (QED) is 0.223. The van der Waals surface area contributed by atoms with E-state index < -0.39 is 22.5 Å². The number of amides is 1. The topological polar surface area (TPSA) is 102 Å². The van der Waals surface area contributed by atoms with E-state index in [0.29, 0.717) is 5.75 Å². The van der Waals surface area contributed by atoms with E-state index in [2.05, 4.69) is 28.1 Å². The third kappa shape index (κ3) is 5.86. The fourth-order valence-electron chi connectivity index (χ4n) is 4.45. The molecule has 4 aromatic rings. The van der Waals surface area contributed by atoms with Gasteiger partial charge >= 0.3 is 0 Å². The van der Waals surface area contributed by atoms with E-state index in [4.69, 9.17) is 9.47 Å². The highest BCUT2D eigenvalue weighted by Crippen LogP contribution is 2.35. The van der Waals surface area contributed by atoms with Crippen molar-refractivity contribution in [2.24, 2.45) is 5.10 Å². The maximum atomic E-state index is 13.7. The molecule has 208 valence electrons. The monoisotopic (exact) mass is 560 g/mol. The Morgan fingerprint density at radius 2 is 1.65 bits per heavy atom. The smallest absolute Gasteiger partial charge is 0.264 e. The summed E-state index contributed by atoms with van der Waals surface area (Å²) in [5.74, 6) is 0.0418. The minimum atomic E-state index is -4.15. The molecule has 0 atom stereocenters. The molecule has 0 saturated carbocycles. The van der Waals surface area contributed by atoms with Gasteiger partial charge in [-0.2, -0.15) is 5.10 Å². The first-order valence-electron chi connectivity index (χ1n) is 12.5. The molecule has 0 unspecified atom stereocenters. The molecule has 3 aromatic carbocycles. The number of sulfonamides is 1. The predicted octanol–water partition coefficient (Wildman–Crippen LogP) is 4.77. The SMILES string of the molecule is COc1ccc(OC)c(N(CC(=O)N/N=C/c2cc(C)n(-c3ccccc3C)c2C)S(=O)(=O)c2ccccc2)c1. The van der Waals surface area contributed by atoms with E-state index in [-0.39, 0.29) is 16.3 Å². The Morgan fingerprint density at radius 3 is 2.33 bits per heavy atom.